The highest BCUT2D eigenvalue weighted by Crippen LogP contribution is 2.36. The van der Waals surface area contributed by atoms with Crippen molar-refractivity contribution in [3.63, 3.8) is 0 Å². The molecule has 1 N–H and O–H groups in total. The van der Waals surface area contributed by atoms with Gasteiger partial charge in [-0.1, -0.05) is 26.2 Å². The molecule has 0 aromatic carbocycles. The number of hydrogen-bond acceptors (Lipinski definition) is 2. The van der Waals surface area contributed by atoms with Crippen LogP contribution in [0.5, 0.6) is 0 Å². The predicted octanol–water partition coefficient (Wildman–Crippen LogP) is 2.62. The lowest BCUT2D eigenvalue weighted by atomic mass is 9.83. The van der Waals surface area contributed by atoms with Crippen LogP contribution in [0.4, 0.5) is 0 Å². The smallest absolute Gasteiger partial charge is 0.248 e. The summed E-state index contributed by atoms with van der Waals surface area (Å²) in [5.41, 5.74) is -0.560. The highest BCUT2D eigenvalue weighted by molar-refractivity contribution is 5.94. The summed E-state index contributed by atoms with van der Waals surface area (Å²) >= 11 is 0. The predicted molar refractivity (Wildman–Crippen MR) is 81.7 cm³/mol. The first-order chi connectivity index (χ1) is 10.1. The molecule has 1 saturated heterocycles. The molecule has 0 unspecified atom stereocenters. The van der Waals surface area contributed by atoms with Gasteiger partial charge in [-0.25, -0.2) is 0 Å². The second-order valence-electron chi connectivity index (χ2n) is 7.17. The number of hydrogen-bond donors (Lipinski definition) is 1. The monoisotopic (exact) mass is 292 g/mol. The van der Waals surface area contributed by atoms with Crippen molar-refractivity contribution in [1.82, 2.24) is 10.2 Å². The lowest BCUT2D eigenvalue weighted by molar-refractivity contribution is -0.141. The van der Waals surface area contributed by atoms with Crippen molar-refractivity contribution in [2.45, 2.75) is 82.7 Å². The maximum atomic E-state index is 13.1. The Bertz CT molecular complexity index is 407. The number of carbonyl (C=O) groups excluding carboxylic acids is 2. The molecule has 3 rings (SSSR count). The number of carbonyl (C=O) groups is 2. The summed E-state index contributed by atoms with van der Waals surface area (Å²) in [5, 5.41) is 3.06. The van der Waals surface area contributed by atoms with Crippen LogP contribution >= 0.6 is 0 Å². The molecule has 1 aliphatic heterocycles. The van der Waals surface area contributed by atoms with E-state index in [1.165, 1.54) is 19.3 Å². The van der Waals surface area contributed by atoms with Crippen molar-refractivity contribution in [2.24, 2.45) is 5.92 Å². The van der Waals surface area contributed by atoms with E-state index in [0.717, 1.165) is 44.4 Å². The van der Waals surface area contributed by atoms with Crippen molar-refractivity contribution in [2.75, 3.05) is 6.54 Å². The maximum absolute atomic E-state index is 13.1. The summed E-state index contributed by atoms with van der Waals surface area (Å²) in [7, 11) is 0. The van der Waals surface area contributed by atoms with E-state index < -0.39 is 5.54 Å². The van der Waals surface area contributed by atoms with Gasteiger partial charge in [-0.3, -0.25) is 9.59 Å². The van der Waals surface area contributed by atoms with Crippen LogP contribution in [0.1, 0.15) is 71.1 Å². The third-order valence-corrected chi connectivity index (χ3v) is 5.92. The van der Waals surface area contributed by atoms with Crippen LogP contribution in [0.25, 0.3) is 0 Å². The zero-order chi connectivity index (χ0) is 14.9. The van der Waals surface area contributed by atoms with E-state index in [0.29, 0.717) is 19.0 Å². The van der Waals surface area contributed by atoms with Crippen LogP contribution in [0.2, 0.25) is 0 Å². The van der Waals surface area contributed by atoms with Gasteiger partial charge in [0.25, 0.3) is 0 Å². The fraction of sp³-hybridized carbons (Fsp3) is 0.882. The van der Waals surface area contributed by atoms with E-state index in [4.69, 9.17) is 0 Å². The van der Waals surface area contributed by atoms with Gasteiger partial charge < -0.3 is 10.2 Å². The molecule has 1 heterocycles. The molecular formula is C17H28N2O2. The van der Waals surface area contributed by atoms with Crippen LogP contribution in [0, 0.1) is 5.92 Å². The Morgan fingerprint density at radius 3 is 2.43 bits per heavy atom. The minimum absolute atomic E-state index is 0.0648. The molecular weight excluding hydrogens is 264 g/mol. The lowest BCUT2D eigenvalue weighted by Gasteiger charge is -2.39. The lowest BCUT2D eigenvalue weighted by Crippen LogP contribution is -2.57. The highest BCUT2D eigenvalue weighted by Gasteiger charge is 2.47. The van der Waals surface area contributed by atoms with Gasteiger partial charge in [0, 0.05) is 19.0 Å². The maximum Gasteiger partial charge on any atom is 0.248 e. The third kappa shape index (κ3) is 2.82. The number of amides is 2. The third-order valence-electron chi connectivity index (χ3n) is 5.92. The summed E-state index contributed by atoms with van der Waals surface area (Å²) in [5.74, 6) is 1.12. The van der Waals surface area contributed by atoms with E-state index in [-0.39, 0.29) is 11.8 Å². The van der Waals surface area contributed by atoms with E-state index in [2.05, 4.69) is 17.1 Å². The van der Waals surface area contributed by atoms with Crippen molar-refractivity contribution < 1.29 is 9.59 Å². The Labute approximate surface area is 127 Å². The van der Waals surface area contributed by atoms with Crippen molar-refractivity contribution in [3.8, 4) is 0 Å². The number of rotatable bonds is 2. The van der Waals surface area contributed by atoms with Crippen LogP contribution in [0.15, 0.2) is 0 Å². The Balaban J connectivity index is 1.75. The average molecular weight is 292 g/mol. The van der Waals surface area contributed by atoms with E-state index in [1.807, 2.05) is 0 Å². The molecule has 21 heavy (non-hydrogen) atoms. The molecule has 1 spiro atoms. The zero-order valence-corrected chi connectivity index (χ0v) is 13.2. The topological polar surface area (TPSA) is 49.4 Å². The van der Waals surface area contributed by atoms with E-state index >= 15 is 0 Å². The van der Waals surface area contributed by atoms with Gasteiger partial charge in [0.2, 0.25) is 11.8 Å². The quantitative estimate of drug-likeness (QED) is 0.850. The molecule has 0 radical (unpaired) electrons. The van der Waals surface area contributed by atoms with Gasteiger partial charge in [0.15, 0.2) is 0 Å². The van der Waals surface area contributed by atoms with Crippen LogP contribution < -0.4 is 5.32 Å². The van der Waals surface area contributed by atoms with Gasteiger partial charge in [0.05, 0.1) is 0 Å². The molecule has 0 bridgehead atoms. The fourth-order valence-electron chi connectivity index (χ4n) is 4.51. The molecule has 2 amide bonds. The second-order valence-corrected chi connectivity index (χ2v) is 7.17. The minimum atomic E-state index is -0.560. The fourth-order valence-corrected chi connectivity index (χ4v) is 4.51. The SMILES string of the molecule is CCC1CCC(N2CCC(=O)NC3(CCCC3)C2=O)CC1. The van der Waals surface area contributed by atoms with Crippen LogP contribution in [-0.4, -0.2) is 34.8 Å². The molecule has 2 saturated carbocycles. The first-order valence-corrected chi connectivity index (χ1v) is 8.77. The van der Waals surface area contributed by atoms with Crippen molar-refractivity contribution >= 4 is 11.8 Å². The second kappa shape index (κ2) is 5.98. The Morgan fingerprint density at radius 1 is 1.14 bits per heavy atom. The number of nitrogens with one attached hydrogen (secondary N) is 1. The average Bonchev–Trinajstić information content (AvgIpc) is 2.92. The van der Waals surface area contributed by atoms with Gasteiger partial charge in [-0.2, -0.15) is 0 Å². The zero-order valence-electron chi connectivity index (χ0n) is 13.2. The van der Waals surface area contributed by atoms with Crippen molar-refractivity contribution in [3.05, 3.63) is 0 Å². The minimum Gasteiger partial charge on any atom is -0.342 e. The Kier molecular flexibility index (Phi) is 4.23. The van der Waals surface area contributed by atoms with E-state index in [9.17, 15) is 9.59 Å². The standard InChI is InChI=1S/C17H28N2O2/c1-2-13-5-7-14(8-6-13)19-12-9-15(20)18-17(16(19)21)10-3-4-11-17/h13-14H,2-12H2,1H3,(H,18,20). The molecule has 0 aromatic heterocycles. The van der Waals surface area contributed by atoms with Crippen LogP contribution in [0.3, 0.4) is 0 Å². The summed E-state index contributed by atoms with van der Waals surface area (Å²) in [6.07, 6.45) is 10.2. The van der Waals surface area contributed by atoms with Gasteiger partial charge >= 0.3 is 0 Å². The molecule has 4 heteroatoms. The van der Waals surface area contributed by atoms with Crippen LogP contribution in [-0.2, 0) is 9.59 Å². The molecule has 4 nitrogen and oxygen atoms in total. The van der Waals surface area contributed by atoms with Gasteiger partial charge in [-0.15, -0.1) is 0 Å². The summed E-state index contributed by atoms with van der Waals surface area (Å²) in [6, 6.07) is 0.366. The highest BCUT2D eigenvalue weighted by atomic mass is 16.2. The normalized spacial score (nSPS) is 33.1. The molecule has 3 aliphatic rings. The Hall–Kier alpha value is -1.06. The first kappa shape index (κ1) is 14.9. The molecule has 118 valence electrons. The summed E-state index contributed by atoms with van der Waals surface area (Å²) < 4.78 is 0. The molecule has 0 aromatic rings. The van der Waals surface area contributed by atoms with Crippen molar-refractivity contribution in [1.29, 1.82) is 0 Å². The summed E-state index contributed by atoms with van der Waals surface area (Å²) in [6.45, 7) is 2.88. The largest absolute Gasteiger partial charge is 0.342 e. The van der Waals surface area contributed by atoms with Gasteiger partial charge in [0.1, 0.15) is 5.54 Å². The van der Waals surface area contributed by atoms with E-state index in [1.54, 1.807) is 0 Å². The number of nitrogens with zero attached hydrogens (tertiary/aromatic N) is 1. The summed E-state index contributed by atoms with van der Waals surface area (Å²) in [4.78, 5) is 27.2. The first-order valence-electron chi connectivity index (χ1n) is 8.77. The molecule has 3 fully saturated rings. The molecule has 2 aliphatic carbocycles. The van der Waals surface area contributed by atoms with Gasteiger partial charge in [-0.05, 0) is 44.4 Å². The Morgan fingerprint density at radius 2 is 1.81 bits per heavy atom. The molecule has 0 atom stereocenters.